The summed E-state index contributed by atoms with van der Waals surface area (Å²) in [5.74, 6) is -1.84. The van der Waals surface area contributed by atoms with Crippen LogP contribution in [0.5, 0.6) is 0 Å². The Morgan fingerprint density at radius 1 is 1.09 bits per heavy atom. The molecule has 5 nitrogen and oxygen atoms in total. The molecule has 1 aromatic carbocycles. The first-order valence-corrected chi connectivity index (χ1v) is 6.81. The molecule has 0 aromatic heterocycles. The molecule has 0 radical (unpaired) electrons. The van der Waals surface area contributed by atoms with Gasteiger partial charge >= 0.3 is 11.9 Å². The zero-order chi connectivity index (χ0) is 17.0. The number of anilines is 1. The Kier molecular flexibility index (Phi) is 4.95. The number of esters is 2. The van der Waals surface area contributed by atoms with Crippen molar-refractivity contribution in [2.24, 2.45) is 0 Å². The van der Waals surface area contributed by atoms with Gasteiger partial charge in [-0.1, -0.05) is 12.1 Å². The van der Waals surface area contributed by atoms with Crippen molar-refractivity contribution in [1.82, 2.24) is 0 Å². The van der Waals surface area contributed by atoms with Crippen LogP contribution in [-0.2, 0) is 19.1 Å². The maximum atomic E-state index is 13.9. The topological polar surface area (TPSA) is 55.8 Å². The molecule has 0 unspecified atom stereocenters. The summed E-state index contributed by atoms with van der Waals surface area (Å²) in [4.78, 5) is 25.7. The molecule has 23 heavy (non-hydrogen) atoms. The molecule has 0 bridgehead atoms. The van der Waals surface area contributed by atoms with Gasteiger partial charge in [0, 0.05) is 11.8 Å². The number of halogens is 1. The molecule has 0 atom stereocenters. The summed E-state index contributed by atoms with van der Waals surface area (Å²) in [5, 5.41) is 0. The quantitative estimate of drug-likeness (QED) is 0.802. The van der Waals surface area contributed by atoms with Gasteiger partial charge in [-0.15, -0.1) is 0 Å². The molecule has 2 rings (SSSR count). The monoisotopic (exact) mass is 317 g/mol. The molecule has 0 spiro atoms. The van der Waals surface area contributed by atoms with Crippen LogP contribution in [0.15, 0.2) is 53.9 Å². The van der Waals surface area contributed by atoms with E-state index < -0.39 is 17.8 Å². The van der Waals surface area contributed by atoms with Crippen molar-refractivity contribution in [3.05, 3.63) is 65.3 Å². The standard InChI is InChI=1S/C17H16FNO4/c1-11-13(18)8-6-9-14(11)19-10-5-4-7-12(16(20)22-2)15(19)17(21)23-3/h4-10H,1-3H3. The van der Waals surface area contributed by atoms with Crippen molar-refractivity contribution in [2.45, 2.75) is 6.92 Å². The van der Waals surface area contributed by atoms with Crippen LogP contribution in [0.4, 0.5) is 10.1 Å². The fourth-order valence-corrected chi connectivity index (χ4v) is 2.21. The number of hydrogen-bond acceptors (Lipinski definition) is 5. The summed E-state index contributed by atoms with van der Waals surface area (Å²) in [6.45, 7) is 1.59. The summed E-state index contributed by atoms with van der Waals surface area (Å²) in [5.41, 5.74) is 0.738. The van der Waals surface area contributed by atoms with Crippen LogP contribution in [0.2, 0.25) is 0 Å². The van der Waals surface area contributed by atoms with E-state index in [1.165, 1.54) is 37.3 Å². The lowest BCUT2D eigenvalue weighted by Gasteiger charge is -2.24. The van der Waals surface area contributed by atoms with Gasteiger partial charge in [0.25, 0.3) is 0 Å². The molecule has 1 aliphatic heterocycles. The highest BCUT2D eigenvalue weighted by atomic mass is 19.1. The van der Waals surface area contributed by atoms with Gasteiger partial charge in [0.15, 0.2) is 0 Å². The third-order valence-corrected chi connectivity index (χ3v) is 3.39. The highest BCUT2D eigenvalue weighted by molar-refractivity contribution is 6.05. The van der Waals surface area contributed by atoms with Crippen LogP contribution in [0, 0.1) is 12.7 Å². The number of ether oxygens (including phenoxy) is 2. The molecule has 1 aromatic rings. The minimum atomic E-state index is -0.731. The molecular formula is C17H16FNO4. The molecule has 1 aliphatic rings. The van der Waals surface area contributed by atoms with E-state index in [2.05, 4.69) is 0 Å². The number of methoxy groups -OCH3 is 2. The van der Waals surface area contributed by atoms with Crippen LogP contribution in [0.25, 0.3) is 0 Å². The average molecular weight is 317 g/mol. The normalized spacial score (nSPS) is 13.8. The van der Waals surface area contributed by atoms with Gasteiger partial charge in [0.2, 0.25) is 0 Å². The van der Waals surface area contributed by atoms with E-state index in [1.54, 1.807) is 31.3 Å². The van der Waals surface area contributed by atoms with Crippen molar-refractivity contribution in [3.8, 4) is 0 Å². The Bertz CT molecular complexity index is 734. The van der Waals surface area contributed by atoms with Crippen molar-refractivity contribution >= 4 is 17.6 Å². The van der Waals surface area contributed by atoms with Crippen LogP contribution in [0.3, 0.4) is 0 Å². The Morgan fingerprint density at radius 2 is 1.78 bits per heavy atom. The van der Waals surface area contributed by atoms with E-state index in [0.717, 1.165) is 0 Å². The lowest BCUT2D eigenvalue weighted by Crippen LogP contribution is -2.27. The van der Waals surface area contributed by atoms with Crippen LogP contribution < -0.4 is 4.90 Å². The van der Waals surface area contributed by atoms with Gasteiger partial charge in [0.05, 0.1) is 25.5 Å². The molecular weight excluding hydrogens is 301 g/mol. The third kappa shape index (κ3) is 3.15. The van der Waals surface area contributed by atoms with Gasteiger partial charge < -0.3 is 14.4 Å². The van der Waals surface area contributed by atoms with E-state index in [0.29, 0.717) is 11.3 Å². The average Bonchev–Trinajstić information content (AvgIpc) is 2.78. The first-order valence-electron chi connectivity index (χ1n) is 6.81. The zero-order valence-corrected chi connectivity index (χ0v) is 13.0. The predicted octanol–water partition coefficient (Wildman–Crippen LogP) is 2.62. The molecule has 0 amide bonds. The van der Waals surface area contributed by atoms with Gasteiger partial charge in [0.1, 0.15) is 11.5 Å². The Labute approximate surface area is 133 Å². The highest BCUT2D eigenvalue weighted by Gasteiger charge is 2.28. The highest BCUT2D eigenvalue weighted by Crippen LogP contribution is 2.29. The number of rotatable bonds is 3. The summed E-state index contributed by atoms with van der Waals surface area (Å²) in [6.07, 6.45) is 6.22. The lowest BCUT2D eigenvalue weighted by atomic mass is 10.1. The number of hydrogen-bond donors (Lipinski definition) is 0. The maximum Gasteiger partial charge on any atom is 0.355 e. The fraction of sp³-hybridized carbons (Fsp3) is 0.176. The Balaban J connectivity index is 2.71. The first kappa shape index (κ1) is 16.5. The van der Waals surface area contributed by atoms with Crippen LogP contribution in [0.1, 0.15) is 5.56 Å². The van der Waals surface area contributed by atoms with Crippen LogP contribution >= 0.6 is 0 Å². The number of benzene rings is 1. The molecule has 0 saturated heterocycles. The second-order valence-corrected chi connectivity index (χ2v) is 4.70. The largest absolute Gasteiger partial charge is 0.465 e. The lowest BCUT2D eigenvalue weighted by molar-refractivity contribution is -0.139. The summed E-state index contributed by atoms with van der Waals surface area (Å²) in [6, 6.07) is 4.49. The SMILES string of the molecule is COC(=O)C1=C(C(=O)OC)N(c2cccc(F)c2C)C=CC=C1. The van der Waals surface area contributed by atoms with Gasteiger partial charge in [-0.3, -0.25) is 0 Å². The van der Waals surface area contributed by atoms with Gasteiger partial charge in [-0.05, 0) is 31.2 Å². The van der Waals surface area contributed by atoms with Crippen molar-refractivity contribution in [1.29, 1.82) is 0 Å². The first-order chi connectivity index (χ1) is 11.0. The number of allylic oxidation sites excluding steroid dienone is 2. The summed E-state index contributed by atoms with van der Waals surface area (Å²) < 4.78 is 23.4. The van der Waals surface area contributed by atoms with Crippen molar-refractivity contribution in [3.63, 3.8) is 0 Å². The van der Waals surface area contributed by atoms with Crippen LogP contribution in [-0.4, -0.2) is 26.2 Å². The predicted molar refractivity (Wildman–Crippen MR) is 83.0 cm³/mol. The van der Waals surface area contributed by atoms with Gasteiger partial charge in [-0.2, -0.15) is 0 Å². The minimum Gasteiger partial charge on any atom is -0.465 e. The Hall–Kier alpha value is -2.89. The minimum absolute atomic E-state index is 0.0213. The summed E-state index contributed by atoms with van der Waals surface area (Å²) in [7, 11) is 2.42. The Morgan fingerprint density at radius 3 is 2.43 bits per heavy atom. The van der Waals surface area contributed by atoms with Gasteiger partial charge in [-0.25, -0.2) is 14.0 Å². The second kappa shape index (κ2) is 6.91. The maximum absolute atomic E-state index is 13.9. The second-order valence-electron chi connectivity index (χ2n) is 4.70. The third-order valence-electron chi connectivity index (χ3n) is 3.39. The van der Waals surface area contributed by atoms with E-state index in [1.807, 2.05) is 0 Å². The molecule has 6 heteroatoms. The summed E-state index contributed by atoms with van der Waals surface area (Å²) >= 11 is 0. The smallest absolute Gasteiger partial charge is 0.355 e. The van der Waals surface area contributed by atoms with E-state index in [4.69, 9.17) is 9.47 Å². The zero-order valence-electron chi connectivity index (χ0n) is 13.0. The fourth-order valence-electron chi connectivity index (χ4n) is 2.21. The molecule has 1 heterocycles. The molecule has 0 saturated carbocycles. The van der Waals surface area contributed by atoms with Crippen molar-refractivity contribution in [2.75, 3.05) is 19.1 Å². The molecule has 0 fully saturated rings. The molecule has 0 aliphatic carbocycles. The molecule has 0 N–H and O–H groups in total. The molecule has 120 valence electrons. The number of carbonyl (C=O) groups excluding carboxylic acids is 2. The number of carbonyl (C=O) groups is 2. The van der Waals surface area contributed by atoms with E-state index >= 15 is 0 Å². The van der Waals surface area contributed by atoms with Crippen molar-refractivity contribution < 1.29 is 23.5 Å². The number of nitrogens with zero attached hydrogens (tertiary/aromatic N) is 1. The van der Waals surface area contributed by atoms with E-state index in [-0.39, 0.29) is 11.3 Å². The van der Waals surface area contributed by atoms with E-state index in [9.17, 15) is 14.0 Å².